The SMILES string of the molecule is COc1oc([C@H]2c3ccccc3CCN2NS(=O)(=O)c2ccc(C)cc2)nc1-c1ccccc1. The number of benzene rings is 3. The molecule has 0 radical (unpaired) electrons. The van der Waals surface area contributed by atoms with E-state index in [-0.39, 0.29) is 10.8 Å². The zero-order valence-electron chi connectivity index (χ0n) is 18.9. The van der Waals surface area contributed by atoms with Crippen LogP contribution in [0.15, 0.2) is 88.2 Å². The number of hydrogen-bond acceptors (Lipinski definition) is 6. The van der Waals surface area contributed by atoms with Crippen LogP contribution in [0.1, 0.15) is 28.6 Å². The maximum absolute atomic E-state index is 13.2. The molecule has 174 valence electrons. The fraction of sp³-hybridized carbons (Fsp3) is 0.192. The lowest BCUT2D eigenvalue weighted by atomic mass is 9.94. The molecule has 4 aromatic rings. The van der Waals surface area contributed by atoms with Gasteiger partial charge < -0.3 is 9.15 Å². The number of aromatic nitrogens is 1. The predicted molar refractivity (Wildman–Crippen MR) is 129 cm³/mol. The molecule has 0 fully saturated rings. The Kier molecular flexibility index (Phi) is 5.95. The lowest BCUT2D eigenvalue weighted by molar-refractivity contribution is 0.153. The molecule has 0 spiro atoms. The zero-order valence-corrected chi connectivity index (χ0v) is 19.7. The van der Waals surface area contributed by atoms with Gasteiger partial charge in [0.15, 0.2) is 5.69 Å². The number of aryl methyl sites for hydroxylation is 1. The Morgan fingerprint density at radius 3 is 2.44 bits per heavy atom. The third-order valence-electron chi connectivity index (χ3n) is 5.93. The Hall–Kier alpha value is -3.46. The molecule has 1 atom stereocenters. The Balaban J connectivity index is 1.57. The third-order valence-corrected chi connectivity index (χ3v) is 7.30. The molecule has 0 bridgehead atoms. The molecule has 8 heteroatoms. The summed E-state index contributed by atoms with van der Waals surface area (Å²) in [6, 6.07) is 23.8. The van der Waals surface area contributed by atoms with Gasteiger partial charge in [-0.15, -0.1) is 4.83 Å². The average Bonchev–Trinajstić information content (AvgIpc) is 3.28. The summed E-state index contributed by atoms with van der Waals surface area (Å²) in [4.78, 5) is 7.74. The van der Waals surface area contributed by atoms with Crippen molar-refractivity contribution in [1.82, 2.24) is 14.8 Å². The maximum Gasteiger partial charge on any atom is 0.313 e. The van der Waals surface area contributed by atoms with E-state index in [1.54, 1.807) is 29.3 Å². The van der Waals surface area contributed by atoms with E-state index in [9.17, 15) is 8.42 Å². The van der Waals surface area contributed by atoms with E-state index in [2.05, 4.69) is 4.83 Å². The highest BCUT2D eigenvalue weighted by molar-refractivity contribution is 7.89. The van der Waals surface area contributed by atoms with Crippen molar-refractivity contribution in [3.63, 3.8) is 0 Å². The van der Waals surface area contributed by atoms with Crippen molar-refractivity contribution in [1.29, 1.82) is 0 Å². The number of ether oxygens (including phenoxy) is 1. The fourth-order valence-electron chi connectivity index (χ4n) is 4.21. The van der Waals surface area contributed by atoms with E-state index in [4.69, 9.17) is 14.1 Å². The standard InChI is InChI=1S/C26H25N3O4S/c1-18-12-14-21(15-13-18)34(30,31)28-29-17-16-19-8-6-7-11-22(19)24(29)25-27-23(26(32-2)33-25)20-9-4-3-5-10-20/h3-15,24,28H,16-17H2,1-2H3/t24-/m1/s1. The number of nitrogens with zero attached hydrogens (tertiary/aromatic N) is 2. The van der Waals surface area contributed by atoms with Crippen molar-refractivity contribution in [2.75, 3.05) is 13.7 Å². The van der Waals surface area contributed by atoms with Crippen LogP contribution in [-0.4, -0.2) is 32.1 Å². The lowest BCUT2D eigenvalue weighted by Crippen LogP contribution is -2.48. The Labute approximate surface area is 199 Å². The van der Waals surface area contributed by atoms with Crippen LogP contribution in [-0.2, 0) is 16.4 Å². The molecule has 1 N–H and O–H groups in total. The van der Waals surface area contributed by atoms with Gasteiger partial charge in [0.1, 0.15) is 6.04 Å². The Morgan fingerprint density at radius 1 is 1.00 bits per heavy atom. The van der Waals surface area contributed by atoms with Gasteiger partial charge >= 0.3 is 5.95 Å². The highest BCUT2D eigenvalue weighted by atomic mass is 32.2. The van der Waals surface area contributed by atoms with Crippen molar-refractivity contribution in [2.24, 2.45) is 0 Å². The lowest BCUT2D eigenvalue weighted by Gasteiger charge is -2.35. The van der Waals surface area contributed by atoms with Gasteiger partial charge in [0.05, 0.1) is 12.0 Å². The van der Waals surface area contributed by atoms with Crippen molar-refractivity contribution in [2.45, 2.75) is 24.3 Å². The van der Waals surface area contributed by atoms with Crippen LogP contribution in [0.3, 0.4) is 0 Å². The van der Waals surface area contributed by atoms with Crippen LogP contribution >= 0.6 is 0 Å². The highest BCUT2D eigenvalue weighted by Gasteiger charge is 2.36. The van der Waals surface area contributed by atoms with E-state index in [0.717, 1.165) is 22.3 Å². The second-order valence-electron chi connectivity index (χ2n) is 8.21. The van der Waals surface area contributed by atoms with Crippen LogP contribution < -0.4 is 9.57 Å². The number of methoxy groups -OCH3 is 1. The zero-order chi connectivity index (χ0) is 23.7. The minimum Gasteiger partial charge on any atom is -0.467 e. The van der Waals surface area contributed by atoms with Gasteiger partial charge in [-0.05, 0) is 36.6 Å². The molecule has 1 aromatic heterocycles. The first-order valence-corrected chi connectivity index (χ1v) is 12.5. The van der Waals surface area contributed by atoms with Gasteiger partial charge in [-0.3, -0.25) is 0 Å². The van der Waals surface area contributed by atoms with Crippen molar-refractivity contribution >= 4 is 10.0 Å². The third kappa shape index (κ3) is 4.23. The van der Waals surface area contributed by atoms with Gasteiger partial charge in [-0.25, -0.2) is 18.4 Å². The van der Waals surface area contributed by atoms with Crippen LogP contribution in [0.25, 0.3) is 11.3 Å². The number of sulfonamides is 1. The topological polar surface area (TPSA) is 84.7 Å². The molecule has 2 heterocycles. The molecular formula is C26H25N3O4S. The summed E-state index contributed by atoms with van der Waals surface area (Å²) < 4.78 is 38.0. The molecule has 1 aliphatic heterocycles. The summed E-state index contributed by atoms with van der Waals surface area (Å²) in [5.74, 6) is 0.639. The molecule has 3 aromatic carbocycles. The number of nitrogens with one attached hydrogen (secondary N) is 1. The molecule has 0 saturated carbocycles. The first-order chi connectivity index (χ1) is 16.5. The first-order valence-electron chi connectivity index (χ1n) is 11.0. The summed E-state index contributed by atoms with van der Waals surface area (Å²) in [5.41, 5.74) is 4.47. The summed E-state index contributed by atoms with van der Waals surface area (Å²) in [6.45, 7) is 2.37. The first kappa shape index (κ1) is 22.3. The summed E-state index contributed by atoms with van der Waals surface area (Å²) in [7, 11) is -2.27. The van der Waals surface area contributed by atoms with Crippen LogP contribution in [0.2, 0.25) is 0 Å². The molecule has 0 saturated heterocycles. The maximum atomic E-state index is 13.2. The second kappa shape index (κ2) is 9.06. The Morgan fingerprint density at radius 2 is 1.71 bits per heavy atom. The van der Waals surface area contributed by atoms with Crippen molar-refractivity contribution < 1.29 is 17.6 Å². The normalized spacial score (nSPS) is 16.2. The molecular weight excluding hydrogens is 450 g/mol. The molecule has 5 rings (SSSR count). The number of oxazole rings is 1. The van der Waals surface area contributed by atoms with Crippen LogP contribution in [0.5, 0.6) is 5.95 Å². The van der Waals surface area contributed by atoms with Gasteiger partial charge in [-0.2, -0.15) is 0 Å². The number of fused-ring (bicyclic) bond motifs is 1. The molecule has 0 amide bonds. The number of hydrazine groups is 1. The highest BCUT2D eigenvalue weighted by Crippen LogP contribution is 2.39. The van der Waals surface area contributed by atoms with E-state index in [1.165, 1.54) is 7.11 Å². The summed E-state index contributed by atoms with van der Waals surface area (Å²) in [6.07, 6.45) is 0.687. The van der Waals surface area contributed by atoms with Crippen LogP contribution in [0, 0.1) is 6.92 Å². The molecule has 0 unspecified atom stereocenters. The Bertz CT molecular complexity index is 1400. The van der Waals surface area contributed by atoms with Crippen molar-refractivity contribution in [3.8, 4) is 17.2 Å². The molecule has 34 heavy (non-hydrogen) atoms. The minimum atomic E-state index is -3.81. The van der Waals surface area contributed by atoms with E-state index >= 15 is 0 Å². The van der Waals surface area contributed by atoms with E-state index in [0.29, 0.717) is 24.6 Å². The van der Waals surface area contributed by atoms with Gasteiger partial charge in [0, 0.05) is 12.1 Å². The second-order valence-corrected chi connectivity index (χ2v) is 9.87. The van der Waals surface area contributed by atoms with Crippen LogP contribution in [0.4, 0.5) is 0 Å². The smallest absolute Gasteiger partial charge is 0.313 e. The molecule has 7 nitrogen and oxygen atoms in total. The predicted octanol–water partition coefficient (Wildman–Crippen LogP) is 4.50. The fourth-order valence-corrected chi connectivity index (χ4v) is 5.32. The molecule has 0 aliphatic carbocycles. The molecule has 1 aliphatic rings. The monoisotopic (exact) mass is 475 g/mol. The number of hydrogen-bond donors (Lipinski definition) is 1. The van der Waals surface area contributed by atoms with Crippen molar-refractivity contribution in [3.05, 3.63) is 101 Å². The average molecular weight is 476 g/mol. The summed E-state index contributed by atoms with van der Waals surface area (Å²) >= 11 is 0. The van der Waals surface area contributed by atoms with Gasteiger partial charge in [0.25, 0.3) is 10.0 Å². The van der Waals surface area contributed by atoms with E-state index < -0.39 is 16.1 Å². The van der Waals surface area contributed by atoms with Gasteiger partial charge in [-0.1, -0.05) is 72.3 Å². The summed E-state index contributed by atoms with van der Waals surface area (Å²) in [5, 5.41) is 1.68. The number of rotatable bonds is 6. The van der Waals surface area contributed by atoms with E-state index in [1.807, 2.05) is 61.5 Å². The quantitative estimate of drug-likeness (QED) is 0.442. The largest absolute Gasteiger partial charge is 0.467 e. The van der Waals surface area contributed by atoms with Gasteiger partial charge in [0.2, 0.25) is 5.89 Å². The minimum absolute atomic E-state index is 0.200.